The minimum Gasteiger partial charge on any atom is -0.480 e. The standard InChI is InChI=1S/C24H21N5O5/c25-13-18-22(16-7-3-1-4-8-16)23(17-9-5-2-6-10-17)28-29(24(18)34)12-11-19(30)26-14-20(31)27-15-21(32)33/h1-10H,11-12,14-15H2,(H,26,30)(H,27,31)(H,32,33). The predicted molar refractivity (Wildman–Crippen MR) is 122 cm³/mol. The summed E-state index contributed by atoms with van der Waals surface area (Å²) in [6, 6.07) is 20.1. The Kier molecular flexibility index (Phi) is 7.86. The Labute approximate surface area is 194 Å². The van der Waals surface area contributed by atoms with Crippen LogP contribution in [-0.2, 0) is 20.9 Å². The molecular formula is C24H21N5O5. The summed E-state index contributed by atoms with van der Waals surface area (Å²) in [5.74, 6) is -2.39. The zero-order valence-electron chi connectivity index (χ0n) is 18.0. The fourth-order valence-corrected chi connectivity index (χ4v) is 3.22. The Hall–Kier alpha value is -4.78. The molecule has 0 atom stereocenters. The highest BCUT2D eigenvalue weighted by Gasteiger charge is 2.20. The van der Waals surface area contributed by atoms with Crippen LogP contribution in [0.4, 0.5) is 0 Å². The number of aliphatic carboxylic acids is 1. The largest absolute Gasteiger partial charge is 0.480 e. The van der Waals surface area contributed by atoms with Crippen molar-refractivity contribution in [3.63, 3.8) is 0 Å². The SMILES string of the molecule is N#Cc1c(-c2ccccc2)c(-c2ccccc2)nn(CCC(=O)NCC(=O)NCC(=O)O)c1=O. The molecule has 0 fully saturated rings. The van der Waals surface area contributed by atoms with Crippen molar-refractivity contribution in [1.29, 1.82) is 5.26 Å². The molecule has 0 unspecified atom stereocenters. The van der Waals surface area contributed by atoms with Crippen LogP contribution in [0.15, 0.2) is 65.5 Å². The summed E-state index contributed by atoms with van der Waals surface area (Å²) < 4.78 is 1.07. The number of nitriles is 1. The molecule has 1 aromatic heterocycles. The van der Waals surface area contributed by atoms with Crippen molar-refractivity contribution in [2.24, 2.45) is 0 Å². The number of rotatable bonds is 9. The Morgan fingerprint density at radius 1 is 0.912 bits per heavy atom. The van der Waals surface area contributed by atoms with Gasteiger partial charge in [0, 0.05) is 17.5 Å². The monoisotopic (exact) mass is 459 g/mol. The van der Waals surface area contributed by atoms with E-state index in [0.717, 1.165) is 4.68 Å². The second kappa shape index (κ2) is 11.2. The van der Waals surface area contributed by atoms with Crippen molar-refractivity contribution >= 4 is 17.8 Å². The summed E-state index contributed by atoms with van der Waals surface area (Å²) in [5.41, 5.74) is 1.49. The first-order valence-electron chi connectivity index (χ1n) is 10.3. The van der Waals surface area contributed by atoms with E-state index >= 15 is 0 Å². The van der Waals surface area contributed by atoms with Crippen LogP contribution in [0.1, 0.15) is 12.0 Å². The van der Waals surface area contributed by atoms with Gasteiger partial charge in [-0.25, -0.2) is 4.68 Å². The molecule has 1 heterocycles. The quantitative estimate of drug-likeness (QED) is 0.434. The van der Waals surface area contributed by atoms with Gasteiger partial charge < -0.3 is 15.7 Å². The zero-order chi connectivity index (χ0) is 24.5. The molecule has 0 aliphatic rings. The van der Waals surface area contributed by atoms with Crippen LogP contribution >= 0.6 is 0 Å². The number of hydrogen-bond acceptors (Lipinski definition) is 6. The highest BCUT2D eigenvalue weighted by molar-refractivity contribution is 5.87. The maximum absolute atomic E-state index is 13.0. The summed E-state index contributed by atoms with van der Waals surface area (Å²) in [7, 11) is 0. The summed E-state index contributed by atoms with van der Waals surface area (Å²) in [4.78, 5) is 47.2. The van der Waals surface area contributed by atoms with Crippen molar-refractivity contribution in [3.05, 3.63) is 76.6 Å². The Morgan fingerprint density at radius 3 is 2.09 bits per heavy atom. The molecule has 2 amide bonds. The molecule has 0 saturated heterocycles. The van der Waals surface area contributed by atoms with E-state index in [4.69, 9.17) is 5.11 Å². The van der Waals surface area contributed by atoms with Gasteiger partial charge in [-0.2, -0.15) is 10.4 Å². The third kappa shape index (κ3) is 5.92. The molecule has 34 heavy (non-hydrogen) atoms. The number of carbonyl (C=O) groups is 3. The Bertz CT molecular complexity index is 1300. The second-order valence-corrected chi connectivity index (χ2v) is 7.17. The lowest BCUT2D eigenvalue weighted by Crippen LogP contribution is -2.39. The van der Waals surface area contributed by atoms with Crippen LogP contribution in [-0.4, -0.2) is 45.8 Å². The number of aryl methyl sites for hydroxylation is 1. The minimum absolute atomic E-state index is 0.0893. The molecule has 3 rings (SSSR count). The highest BCUT2D eigenvalue weighted by atomic mass is 16.4. The van der Waals surface area contributed by atoms with Gasteiger partial charge in [-0.3, -0.25) is 19.2 Å². The fourth-order valence-electron chi connectivity index (χ4n) is 3.22. The molecule has 0 aliphatic carbocycles. The van der Waals surface area contributed by atoms with Gasteiger partial charge in [-0.15, -0.1) is 0 Å². The molecule has 10 nitrogen and oxygen atoms in total. The van der Waals surface area contributed by atoms with E-state index in [0.29, 0.717) is 22.4 Å². The predicted octanol–water partition coefficient (Wildman–Crippen LogP) is 1.16. The van der Waals surface area contributed by atoms with Crippen molar-refractivity contribution in [2.45, 2.75) is 13.0 Å². The van der Waals surface area contributed by atoms with Crippen LogP contribution in [0.3, 0.4) is 0 Å². The number of carbonyl (C=O) groups excluding carboxylic acids is 2. The number of carboxylic acid groups (broad SMARTS) is 1. The number of carboxylic acids is 1. The number of benzene rings is 2. The van der Waals surface area contributed by atoms with Crippen LogP contribution in [0.25, 0.3) is 22.4 Å². The highest BCUT2D eigenvalue weighted by Crippen LogP contribution is 2.31. The van der Waals surface area contributed by atoms with Crippen LogP contribution in [0.5, 0.6) is 0 Å². The molecule has 3 aromatic rings. The maximum atomic E-state index is 13.0. The summed E-state index contributed by atoms with van der Waals surface area (Å²) in [6.07, 6.45) is -0.178. The molecular weight excluding hydrogens is 438 g/mol. The van der Waals surface area contributed by atoms with Gasteiger partial charge in [0.05, 0.1) is 13.1 Å². The van der Waals surface area contributed by atoms with Crippen LogP contribution < -0.4 is 16.2 Å². The van der Waals surface area contributed by atoms with Gasteiger partial charge in [-0.05, 0) is 5.56 Å². The first kappa shape index (κ1) is 23.9. The van der Waals surface area contributed by atoms with Crippen molar-refractivity contribution < 1.29 is 19.5 Å². The van der Waals surface area contributed by atoms with Gasteiger partial charge in [0.2, 0.25) is 11.8 Å². The third-order valence-electron chi connectivity index (χ3n) is 4.81. The zero-order valence-corrected chi connectivity index (χ0v) is 18.0. The molecule has 0 radical (unpaired) electrons. The fraction of sp³-hybridized carbons (Fsp3) is 0.167. The van der Waals surface area contributed by atoms with E-state index < -0.39 is 36.4 Å². The molecule has 0 saturated carbocycles. The van der Waals surface area contributed by atoms with Crippen LogP contribution in [0, 0.1) is 11.3 Å². The van der Waals surface area contributed by atoms with Gasteiger partial charge >= 0.3 is 5.97 Å². The van der Waals surface area contributed by atoms with Gasteiger partial charge in [-0.1, -0.05) is 60.7 Å². The smallest absolute Gasteiger partial charge is 0.322 e. The maximum Gasteiger partial charge on any atom is 0.322 e. The molecule has 0 bridgehead atoms. The number of amides is 2. The van der Waals surface area contributed by atoms with Crippen molar-refractivity contribution in [2.75, 3.05) is 13.1 Å². The molecule has 0 aliphatic heterocycles. The first-order chi connectivity index (χ1) is 16.4. The molecule has 2 aromatic carbocycles. The number of aromatic nitrogens is 2. The first-order valence-corrected chi connectivity index (χ1v) is 10.3. The average Bonchev–Trinajstić information content (AvgIpc) is 2.86. The lowest BCUT2D eigenvalue weighted by Gasteiger charge is -2.14. The lowest BCUT2D eigenvalue weighted by atomic mass is 9.96. The van der Waals surface area contributed by atoms with E-state index in [1.165, 1.54) is 0 Å². The van der Waals surface area contributed by atoms with Crippen molar-refractivity contribution in [1.82, 2.24) is 20.4 Å². The second-order valence-electron chi connectivity index (χ2n) is 7.17. The molecule has 0 spiro atoms. The van der Waals surface area contributed by atoms with Crippen molar-refractivity contribution in [3.8, 4) is 28.5 Å². The van der Waals surface area contributed by atoms with Gasteiger partial charge in [0.1, 0.15) is 23.9 Å². The molecule has 3 N–H and O–H groups in total. The number of hydrogen-bond donors (Lipinski definition) is 3. The lowest BCUT2D eigenvalue weighted by molar-refractivity contribution is -0.137. The number of nitrogens with zero attached hydrogens (tertiary/aromatic N) is 3. The van der Waals surface area contributed by atoms with E-state index in [1.54, 1.807) is 24.3 Å². The molecule has 10 heteroatoms. The van der Waals surface area contributed by atoms with E-state index in [2.05, 4.69) is 15.7 Å². The van der Waals surface area contributed by atoms with E-state index in [-0.39, 0.29) is 18.5 Å². The summed E-state index contributed by atoms with van der Waals surface area (Å²) >= 11 is 0. The van der Waals surface area contributed by atoms with Gasteiger partial charge in [0.15, 0.2) is 0 Å². The Morgan fingerprint density at radius 2 is 1.50 bits per heavy atom. The topological polar surface area (TPSA) is 154 Å². The van der Waals surface area contributed by atoms with E-state index in [9.17, 15) is 24.4 Å². The summed E-state index contributed by atoms with van der Waals surface area (Å²) in [5, 5.41) is 27.3. The van der Waals surface area contributed by atoms with E-state index in [1.807, 2.05) is 42.5 Å². The average molecular weight is 459 g/mol. The molecule has 172 valence electrons. The minimum atomic E-state index is -1.20. The van der Waals surface area contributed by atoms with Crippen LogP contribution in [0.2, 0.25) is 0 Å². The summed E-state index contributed by atoms with van der Waals surface area (Å²) in [6.45, 7) is -1.08. The third-order valence-corrected chi connectivity index (χ3v) is 4.81. The van der Waals surface area contributed by atoms with Gasteiger partial charge in [0.25, 0.3) is 5.56 Å². The Balaban J connectivity index is 1.87. The normalized spacial score (nSPS) is 10.2. The number of nitrogens with one attached hydrogen (secondary N) is 2.